The number of urea groups is 1. The fourth-order valence-electron chi connectivity index (χ4n) is 4.34. The Bertz CT molecular complexity index is 1180. The first-order chi connectivity index (χ1) is 14.9. The Morgan fingerprint density at radius 3 is 2.45 bits per heavy atom. The number of benzene rings is 3. The molecule has 5 rings (SSSR count). The summed E-state index contributed by atoms with van der Waals surface area (Å²) in [5.74, 6) is -0.328. The van der Waals surface area contributed by atoms with Crippen molar-refractivity contribution in [3.8, 4) is 5.75 Å². The number of carbonyl (C=O) groups excluding carboxylic acids is 2. The third kappa shape index (κ3) is 3.15. The molecule has 0 aromatic heterocycles. The molecule has 0 radical (unpaired) electrons. The zero-order valence-corrected chi connectivity index (χ0v) is 17.3. The Kier molecular flexibility index (Phi) is 4.48. The SMILES string of the molecule is C[C@]12C[C@H](c3ccccc3O1)N(C(=O)c1ccc(F)cc1)C(=O)N2c1ccc(Cl)cc1. The van der Waals surface area contributed by atoms with Crippen LogP contribution in [0, 0.1) is 5.82 Å². The van der Waals surface area contributed by atoms with Crippen molar-refractivity contribution in [2.75, 3.05) is 4.90 Å². The minimum absolute atomic E-state index is 0.235. The van der Waals surface area contributed by atoms with Crippen LogP contribution in [0.3, 0.4) is 0 Å². The number of imide groups is 1. The molecule has 3 amide bonds. The summed E-state index contributed by atoms with van der Waals surface area (Å²) in [6.45, 7) is 1.84. The van der Waals surface area contributed by atoms with Gasteiger partial charge < -0.3 is 4.74 Å². The van der Waals surface area contributed by atoms with Crippen molar-refractivity contribution in [3.05, 3.63) is 94.8 Å². The summed E-state index contributed by atoms with van der Waals surface area (Å²) in [7, 11) is 0. The van der Waals surface area contributed by atoms with Crippen molar-refractivity contribution < 1.29 is 18.7 Å². The molecule has 2 aliphatic rings. The van der Waals surface area contributed by atoms with E-state index >= 15 is 0 Å². The van der Waals surface area contributed by atoms with E-state index in [9.17, 15) is 14.0 Å². The van der Waals surface area contributed by atoms with Crippen molar-refractivity contribution >= 4 is 29.2 Å². The van der Waals surface area contributed by atoms with Crippen LogP contribution in [-0.4, -0.2) is 22.6 Å². The molecule has 2 heterocycles. The molecule has 2 bridgehead atoms. The van der Waals surface area contributed by atoms with Crippen molar-refractivity contribution in [3.63, 3.8) is 0 Å². The molecule has 0 spiro atoms. The number of hydrogen-bond donors (Lipinski definition) is 0. The number of carbonyl (C=O) groups is 2. The van der Waals surface area contributed by atoms with Gasteiger partial charge in [-0.3, -0.25) is 14.6 Å². The van der Waals surface area contributed by atoms with Crippen LogP contribution >= 0.6 is 11.6 Å². The van der Waals surface area contributed by atoms with E-state index in [1.54, 1.807) is 24.3 Å². The average Bonchev–Trinajstić information content (AvgIpc) is 2.75. The summed E-state index contributed by atoms with van der Waals surface area (Å²) < 4.78 is 19.7. The van der Waals surface area contributed by atoms with Gasteiger partial charge >= 0.3 is 6.03 Å². The summed E-state index contributed by atoms with van der Waals surface area (Å²) >= 11 is 6.04. The lowest BCUT2D eigenvalue weighted by Gasteiger charge is -2.53. The number of para-hydroxylation sites is 1. The van der Waals surface area contributed by atoms with Crippen LogP contribution in [0.25, 0.3) is 0 Å². The highest BCUT2D eigenvalue weighted by atomic mass is 35.5. The monoisotopic (exact) mass is 436 g/mol. The van der Waals surface area contributed by atoms with Crippen molar-refractivity contribution in [2.45, 2.75) is 25.1 Å². The molecule has 5 nitrogen and oxygen atoms in total. The molecule has 0 saturated carbocycles. The summed E-state index contributed by atoms with van der Waals surface area (Å²) in [4.78, 5) is 30.0. The smallest absolute Gasteiger partial charge is 0.335 e. The van der Waals surface area contributed by atoms with E-state index in [1.165, 1.54) is 34.1 Å². The molecular weight excluding hydrogens is 419 g/mol. The minimum Gasteiger partial charge on any atom is -0.467 e. The van der Waals surface area contributed by atoms with E-state index in [-0.39, 0.29) is 5.56 Å². The van der Waals surface area contributed by atoms with E-state index in [4.69, 9.17) is 16.3 Å². The maximum atomic E-state index is 13.8. The molecule has 2 atom stereocenters. The molecular formula is C24H18ClFN2O3. The van der Waals surface area contributed by atoms with Gasteiger partial charge in [-0.2, -0.15) is 0 Å². The van der Waals surface area contributed by atoms with Gasteiger partial charge in [0.25, 0.3) is 5.91 Å². The summed E-state index contributed by atoms with van der Waals surface area (Å²) in [6, 6.07) is 18.4. The number of ether oxygens (including phenoxy) is 1. The fraction of sp³-hybridized carbons (Fsp3) is 0.167. The van der Waals surface area contributed by atoms with E-state index in [0.29, 0.717) is 22.9 Å². The van der Waals surface area contributed by atoms with E-state index in [2.05, 4.69) is 0 Å². The maximum absolute atomic E-state index is 13.8. The third-order valence-electron chi connectivity index (χ3n) is 5.76. The lowest BCUT2D eigenvalue weighted by molar-refractivity contribution is 0.00268. The molecule has 7 heteroatoms. The van der Waals surface area contributed by atoms with Gasteiger partial charge in [0.2, 0.25) is 0 Å². The van der Waals surface area contributed by atoms with Gasteiger partial charge in [0.15, 0.2) is 5.72 Å². The second kappa shape index (κ2) is 7.10. The maximum Gasteiger partial charge on any atom is 0.335 e. The molecule has 0 aliphatic carbocycles. The number of hydrogen-bond acceptors (Lipinski definition) is 3. The van der Waals surface area contributed by atoms with Crippen LogP contribution in [0.2, 0.25) is 5.02 Å². The standard InChI is InChI=1S/C24H18ClFN2O3/c1-24-14-20(19-4-2-3-5-21(19)31-24)27(22(29)15-6-10-17(26)11-7-15)23(30)28(24)18-12-8-16(25)9-13-18/h2-13,20H,14H2,1H3/t20-,24-/m1/s1. The Labute approximate surface area is 183 Å². The highest BCUT2D eigenvalue weighted by molar-refractivity contribution is 6.30. The zero-order valence-electron chi connectivity index (χ0n) is 16.6. The number of nitrogens with zero attached hydrogens (tertiary/aromatic N) is 2. The first-order valence-electron chi connectivity index (χ1n) is 9.84. The van der Waals surface area contributed by atoms with Crippen LogP contribution in [0.1, 0.15) is 35.3 Å². The van der Waals surface area contributed by atoms with Gasteiger partial charge in [0, 0.05) is 28.3 Å². The summed E-state index contributed by atoms with van der Waals surface area (Å²) in [6.07, 6.45) is 0.380. The van der Waals surface area contributed by atoms with Gasteiger partial charge in [0.1, 0.15) is 11.6 Å². The topological polar surface area (TPSA) is 49.9 Å². The summed E-state index contributed by atoms with van der Waals surface area (Å²) in [5.41, 5.74) is 0.563. The Balaban J connectivity index is 1.66. The predicted octanol–water partition coefficient (Wildman–Crippen LogP) is 5.80. The molecule has 31 heavy (non-hydrogen) atoms. The summed E-state index contributed by atoms with van der Waals surface area (Å²) in [5, 5.41) is 0.533. The zero-order chi connectivity index (χ0) is 21.8. The molecule has 0 N–H and O–H groups in total. The number of amides is 3. The lowest BCUT2D eigenvalue weighted by atomic mass is 9.88. The first-order valence-corrected chi connectivity index (χ1v) is 10.2. The second-order valence-electron chi connectivity index (χ2n) is 7.81. The molecule has 2 aliphatic heterocycles. The average molecular weight is 437 g/mol. The minimum atomic E-state index is -0.997. The number of fused-ring (bicyclic) bond motifs is 4. The normalized spacial score (nSPS) is 22.0. The molecule has 3 aromatic carbocycles. The van der Waals surface area contributed by atoms with Crippen molar-refractivity contribution in [2.24, 2.45) is 0 Å². The molecule has 0 unspecified atom stereocenters. The number of halogens is 2. The lowest BCUT2D eigenvalue weighted by Crippen LogP contribution is -2.67. The third-order valence-corrected chi connectivity index (χ3v) is 6.01. The predicted molar refractivity (Wildman–Crippen MR) is 115 cm³/mol. The fourth-order valence-corrected chi connectivity index (χ4v) is 4.47. The quantitative estimate of drug-likeness (QED) is 0.510. The highest BCUT2D eigenvalue weighted by Gasteiger charge is 2.55. The first kappa shape index (κ1) is 19.6. The van der Waals surface area contributed by atoms with Gasteiger partial charge in [-0.25, -0.2) is 9.18 Å². The Morgan fingerprint density at radius 2 is 1.74 bits per heavy atom. The van der Waals surface area contributed by atoms with E-state index in [1.807, 2.05) is 31.2 Å². The molecule has 1 fully saturated rings. The number of anilines is 1. The van der Waals surface area contributed by atoms with Crippen LogP contribution in [-0.2, 0) is 0 Å². The number of rotatable bonds is 2. The van der Waals surface area contributed by atoms with E-state index in [0.717, 1.165) is 5.56 Å². The highest BCUT2D eigenvalue weighted by Crippen LogP contribution is 2.49. The van der Waals surface area contributed by atoms with Crippen LogP contribution in [0.15, 0.2) is 72.8 Å². The van der Waals surface area contributed by atoms with Gasteiger partial charge in [-0.15, -0.1) is 0 Å². The largest absolute Gasteiger partial charge is 0.467 e. The van der Waals surface area contributed by atoms with Crippen LogP contribution in [0.4, 0.5) is 14.9 Å². The van der Waals surface area contributed by atoms with Gasteiger partial charge in [0.05, 0.1) is 6.04 Å². The van der Waals surface area contributed by atoms with Crippen LogP contribution in [0.5, 0.6) is 5.75 Å². The molecule has 3 aromatic rings. The molecule has 156 valence electrons. The van der Waals surface area contributed by atoms with Crippen molar-refractivity contribution in [1.29, 1.82) is 0 Å². The van der Waals surface area contributed by atoms with Crippen LogP contribution < -0.4 is 9.64 Å². The Morgan fingerprint density at radius 1 is 1.06 bits per heavy atom. The van der Waals surface area contributed by atoms with Gasteiger partial charge in [-0.05, 0) is 61.5 Å². The van der Waals surface area contributed by atoms with Gasteiger partial charge in [-0.1, -0.05) is 29.8 Å². The Hall–Kier alpha value is -3.38. The second-order valence-corrected chi connectivity index (χ2v) is 8.25. The van der Waals surface area contributed by atoms with Crippen molar-refractivity contribution in [1.82, 2.24) is 4.90 Å². The molecule has 1 saturated heterocycles. The van der Waals surface area contributed by atoms with E-state index < -0.39 is 29.5 Å².